The van der Waals surface area contributed by atoms with E-state index in [-0.39, 0.29) is 5.91 Å². The number of rotatable bonds is 5. The van der Waals surface area contributed by atoms with E-state index in [1.54, 1.807) is 0 Å². The average molecular weight is 268 g/mol. The number of amides is 1. The van der Waals surface area contributed by atoms with E-state index in [1.165, 1.54) is 30.6 Å². The van der Waals surface area contributed by atoms with Gasteiger partial charge in [0.1, 0.15) is 0 Å². The lowest BCUT2D eigenvalue weighted by atomic mass is 10.1. The fourth-order valence-electron chi connectivity index (χ4n) is 2.36. The number of carbonyl (C=O) groups is 1. The molecule has 2 rings (SSSR count). The molecule has 0 aliphatic heterocycles. The van der Waals surface area contributed by atoms with E-state index in [9.17, 15) is 4.79 Å². The Morgan fingerprint density at radius 1 is 1.44 bits per heavy atom. The summed E-state index contributed by atoms with van der Waals surface area (Å²) in [5.74, 6) is 1.33. The van der Waals surface area contributed by atoms with Crippen molar-refractivity contribution in [2.24, 2.45) is 11.8 Å². The second kappa shape index (κ2) is 6.13. The summed E-state index contributed by atoms with van der Waals surface area (Å²) in [5.41, 5.74) is 0. The summed E-state index contributed by atoms with van der Waals surface area (Å²) in [6, 6.07) is 0. The van der Waals surface area contributed by atoms with Crippen LogP contribution in [0.5, 0.6) is 0 Å². The van der Waals surface area contributed by atoms with Crippen molar-refractivity contribution in [3.05, 3.63) is 5.01 Å². The van der Waals surface area contributed by atoms with Crippen LogP contribution in [0.4, 0.5) is 5.13 Å². The van der Waals surface area contributed by atoms with Crippen molar-refractivity contribution < 1.29 is 4.79 Å². The van der Waals surface area contributed by atoms with Gasteiger partial charge in [0, 0.05) is 13.1 Å². The molecule has 18 heavy (non-hydrogen) atoms. The topological polar surface area (TPSA) is 66.9 Å². The lowest BCUT2D eigenvalue weighted by Crippen LogP contribution is -2.28. The molecule has 1 amide bonds. The predicted octanol–water partition coefficient (Wildman–Crippen LogP) is 2.14. The minimum absolute atomic E-state index is 0.101. The van der Waals surface area contributed by atoms with Gasteiger partial charge in [0.25, 0.3) is 5.91 Å². The largest absolute Gasteiger partial charge is 0.360 e. The van der Waals surface area contributed by atoms with Gasteiger partial charge in [-0.15, -0.1) is 10.2 Å². The molecule has 0 bridgehead atoms. The van der Waals surface area contributed by atoms with Crippen molar-refractivity contribution in [2.45, 2.75) is 33.1 Å². The molecule has 1 aromatic rings. The second-order valence-corrected chi connectivity index (χ2v) is 5.91. The van der Waals surface area contributed by atoms with Crippen molar-refractivity contribution in [3.8, 4) is 0 Å². The molecule has 1 fully saturated rings. The third-order valence-electron chi connectivity index (χ3n) is 3.30. The molecule has 5 nitrogen and oxygen atoms in total. The first-order valence-corrected chi connectivity index (χ1v) is 7.36. The van der Waals surface area contributed by atoms with Crippen LogP contribution >= 0.6 is 11.3 Å². The maximum Gasteiger partial charge on any atom is 0.282 e. The smallest absolute Gasteiger partial charge is 0.282 e. The molecular weight excluding hydrogens is 248 g/mol. The lowest BCUT2D eigenvalue weighted by molar-refractivity contribution is 0.0946. The molecule has 1 aromatic heterocycles. The van der Waals surface area contributed by atoms with Crippen LogP contribution in [0.3, 0.4) is 0 Å². The molecule has 1 saturated carbocycles. The van der Waals surface area contributed by atoms with Gasteiger partial charge in [-0.2, -0.15) is 0 Å². The zero-order valence-corrected chi connectivity index (χ0v) is 11.7. The van der Waals surface area contributed by atoms with Crippen LogP contribution < -0.4 is 10.6 Å². The second-order valence-electron chi connectivity index (χ2n) is 4.94. The van der Waals surface area contributed by atoms with E-state index in [0.29, 0.717) is 16.1 Å². The predicted molar refractivity (Wildman–Crippen MR) is 72.9 cm³/mol. The van der Waals surface area contributed by atoms with E-state index in [4.69, 9.17) is 0 Å². The van der Waals surface area contributed by atoms with Crippen LogP contribution in [0, 0.1) is 11.8 Å². The van der Waals surface area contributed by atoms with Crippen LogP contribution in [0.15, 0.2) is 0 Å². The normalized spacial score (nSPS) is 23.0. The van der Waals surface area contributed by atoms with Gasteiger partial charge >= 0.3 is 0 Å². The average Bonchev–Trinajstić information content (AvgIpc) is 2.96. The fourth-order valence-corrected chi connectivity index (χ4v) is 3.09. The molecule has 0 saturated heterocycles. The van der Waals surface area contributed by atoms with Crippen LogP contribution in [0.25, 0.3) is 0 Å². The highest BCUT2D eigenvalue weighted by atomic mass is 32.1. The van der Waals surface area contributed by atoms with Crippen molar-refractivity contribution in [3.63, 3.8) is 0 Å². The van der Waals surface area contributed by atoms with Gasteiger partial charge < -0.3 is 10.6 Å². The van der Waals surface area contributed by atoms with Crippen molar-refractivity contribution in [1.82, 2.24) is 15.5 Å². The van der Waals surface area contributed by atoms with E-state index in [1.807, 2.05) is 6.92 Å². The maximum absolute atomic E-state index is 11.9. The summed E-state index contributed by atoms with van der Waals surface area (Å²) in [6.45, 7) is 5.81. The third kappa shape index (κ3) is 3.41. The Labute approximate surface area is 111 Å². The zero-order valence-electron chi connectivity index (χ0n) is 10.9. The van der Waals surface area contributed by atoms with Gasteiger partial charge in [0.2, 0.25) is 10.1 Å². The SMILES string of the molecule is CCNc1nnc(C(=O)NCC2CCC(C)C2)s1. The Kier molecular flexibility index (Phi) is 4.52. The Balaban J connectivity index is 1.80. The molecule has 100 valence electrons. The van der Waals surface area contributed by atoms with E-state index >= 15 is 0 Å². The van der Waals surface area contributed by atoms with Gasteiger partial charge in [-0.05, 0) is 31.6 Å². The molecule has 1 aliphatic rings. The minimum atomic E-state index is -0.101. The first kappa shape index (κ1) is 13.3. The number of aromatic nitrogens is 2. The van der Waals surface area contributed by atoms with Crippen molar-refractivity contribution in [1.29, 1.82) is 0 Å². The maximum atomic E-state index is 11.9. The van der Waals surface area contributed by atoms with Gasteiger partial charge in [-0.25, -0.2) is 0 Å². The summed E-state index contributed by atoms with van der Waals surface area (Å²) >= 11 is 1.30. The Hall–Kier alpha value is -1.17. The summed E-state index contributed by atoms with van der Waals surface area (Å²) in [7, 11) is 0. The molecule has 2 N–H and O–H groups in total. The van der Waals surface area contributed by atoms with Crippen LogP contribution in [-0.4, -0.2) is 29.2 Å². The summed E-state index contributed by atoms with van der Waals surface area (Å²) in [5, 5.41) is 15.0. The van der Waals surface area contributed by atoms with E-state index in [2.05, 4.69) is 27.8 Å². The highest BCUT2D eigenvalue weighted by Gasteiger charge is 2.22. The number of anilines is 1. The molecule has 6 heteroatoms. The van der Waals surface area contributed by atoms with Gasteiger partial charge in [-0.1, -0.05) is 24.7 Å². The molecule has 0 spiro atoms. The van der Waals surface area contributed by atoms with Gasteiger partial charge in [0.05, 0.1) is 0 Å². The standard InChI is InChI=1S/C12H20N4OS/c1-3-13-12-16-15-11(18-12)10(17)14-7-9-5-4-8(2)6-9/h8-9H,3-7H2,1-2H3,(H,13,16)(H,14,17). The molecule has 2 unspecified atom stereocenters. The highest BCUT2D eigenvalue weighted by Crippen LogP contribution is 2.29. The first-order chi connectivity index (χ1) is 8.69. The third-order valence-corrected chi connectivity index (χ3v) is 4.18. The number of hydrogen-bond donors (Lipinski definition) is 2. The summed E-state index contributed by atoms with van der Waals surface area (Å²) in [6.07, 6.45) is 3.73. The summed E-state index contributed by atoms with van der Waals surface area (Å²) < 4.78 is 0. The number of nitrogens with zero attached hydrogens (tertiary/aromatic N) is 2. The van der Waals surface area contributed by atoms with Crippen LogP contribution in [-0.2, 0) is 0 Å². The molecule has 1 heterocycles. The molecular formula is C12H20N4OS. The van der Waals surface area contributed by atoms with Crippen LogP contribution in [0.2, 0.25) is 0 Å². The molecule has 1 aliphatic carbocycles. The lowest BCUT2D eigenvalue weighted by Gasteiger charge is -2.09. The quantitative estimate of drug-likeness (QED) is 0.858. The summed E-state index contributed by atoms with van der Waals surface area (Å²) in [4.78, 5) is 11.9. The Morgan fingerprint density at radius 3 is 2.94 bits per heavy atom. The fraction of sp³-hybridized carbons (Fsp3) is 0.750. The molecule has 2 atom stereocenters. The number of hydrogen-bond acceptors (Lipinski definition) is 5. The van der Waals surface area contributed by atoms with Crippen molar-refractivity contribution in [2.75, 3.05) is 18.4 Å². The monoisotopic (exact) mass is 268 g/mol. The number of nitrogens with one attached hydrogen (secondary N) is 2. The van der Waals surface area contributed by atoms with Crippen LogP contribution in [0.1, 0.15) is 42.9 Å². The number of carbonyl (C=O) groups excluding carboxylic acids is 1. The van der Waals surface area contributed by atoms with Crippen molar-refractivity contribution >= 4 is 22.4 Å². The first-order valence-electron chi connectivity index (χ1n) is 6.54. The minimum Gasteiger partial charge on any atom is -0.360 e. The zero-order chi connectivity index (χ0) is 13.0. The molecule has 0 aromatic carbocycles. The Morgan fingerprint density at radius 2 is 2.28 bits per heavy atom. The highest BCUT2D eigenvalue weighted by molar-refractivity contribution is 7.17. The Bertz CT molecular complexity index is 407. The van der Waals surface area contributed by atoms with Gasteiger partial charge in [-0.3, -0.25) is 4.79 Å². The van der Waals surface area contributed by atoms with E-state index < -0.39 is 0 Å². The van der Waals surface area contributed by atoms with E-state index in [0.717, 1.165) is 19.0 Å². The molecule has 0 radical (unpaired) electrons. The van der Waals surface area contributed by atoms with Gasteiger partial charge in [0.15, 0.2) is 0 Å².